The standard InChI is InChI=1S/C25H35IN3O6P/c26-35-32-18-8-13-25(34-36-33-19-9-14-27)12-7-16-28(20-25)15-5-1-2-6-17-29-23(30)21-10-3-4-11-22(21)24(29)31/h3-4,10-11,36H,1-2,5-9,12-13,15-20H2. The van der Waals surface area contributed by atoms with Gasteiger partial charge in [-0.1, -0.05) is 25.0 Å². The number of hydrogen-bond acceptors (Lipinski definition) is 8. The summed E-state index contributed by atoms with van der Waals surface area (Å²) in [5.74, 6) is -0.346. The molecule has 2 unspecified atom stereocenters. The lowest BCUT2D eigenvalue weighted by atomic mass is 9.88. The van der Waals surface area contributed by atoms with E-state index in [0.717, 1.165) is 71.0 Å². The summed E-state index contributed by atoms with van der Waals surface area (Å²) in [7, 11) is -0.0768. The molecule has 1 saturated heterocycles. The minimum absolute atomic E-state index is 0.0768. The summed E-state index contributed by atoms with van der Waals surface area (Å²) in [6.07, 6.45) is 8.00. The van der Waals surface area contributed by atoms with Gasteiger partial charge in [0.25, 0.3) is 11.8 Å². The van der Waals surface area contributed by atoms with Gasteiger partial charge in [-0.15, -0.1) is 0 Å². The smallest absolute Gasteiger partial charge is 0.261 e. The van der Waals surface area contributed by atoms with Gasteiger partial charge in [-0.05, 0) is 63.7 Å². The number of piperidine rings is 1. The molecule has 0 spiro atoms. The van der Waals surface area contributed by atoms with E-state index in [0.29, 0.717) is 37.3 Å². The van der Waals surface area contributed by atoms with Crippen LogP contribution in [0.4, 0.5) is 0 Å². The van der Waals surface area contributed by atoms with E-state index in [9.17, 15) is 9.59 Å². The first-order valence-corrected chi connectivity index (χ1v) is 14.3. The van der Waals surface area contributed by atoms with Crippen molar-refractivity contribution in [1.82, 2.24) is 9.80 Å². The van der Waals surface area contributed by atoms with Crippen LogP contribution < -0.4 is 0 Å². The van der Waals surface area contributed by atoms with Gasteiger partial charge in [-0.2, -0.15) is 8.48 Å². The van der Waals surface area contributed by atoms with Gasteiger partial charge in [0.2, 0.25) is 0 Å². The Morgan fingerprint density at radius 3 is 2.44 bits per heavy atom. The number of unbranched alkanes of at least 4 members (excludes halogenated alkanes) is 3. The fourth-order valence-corrected chi connectivity index (χ4v) is 5.73. The molecular weight excluding hydrogens is 596 g/mol. The van der Waals surface area contributed by atoms with Gasteiger partial charge < -0.3 is 13.9 Å². The highest BCUT2D eigenvalue weighted by molar-refractivity contribution is 14.1. The molecular formula is C25H35IN3O6P. The zero-order chi connectivity index (χ0) is 25.6. The third-order valence-corrected chi connectivity index (χ3v) is 7.73. The molecule has 0 bridgehead atoms. The molecule has 2 aliphatic rings. The first-order valence-electron chi connectivity index (χ1n) is 12.6. The number of nitrogens with zero attached hydrogens (tertiary/aromatic N) is 3. The summed E-state index contributed by atoms with van der Waals surface area (Å²) in [5.41, 5.74) is 0.759. The van der Waals surface area contributed by atoms with Crippen molar-refractivity contribution in [2.75, 3.05) is 39.4 Å². The van der Waals surface area contributed by atoms with E-state index in [1.165, 1.54) is 4.90 Å². The minimum Gasteiger partial charge on any atom is -0.335 e. The average Bonchev–Trinajstić information content (AvgIpc) is 3.14. The maximum Gasteiger partial charge on any atom is 0.261 e. The van der Waals surface area contributed by atoms with Gasteiger partial charge in [-0.3, -0.25) is 14.5 Å². The Bertz CT molecular complexity index is 866. The van der Waals surface area contributed by atoms with Gasteiger partial charge in [-0.25, -0.2) is 4.89 Å². The van der Waals surface area contributed by atoms with Gasteiger partial charge >= 0.3 is 0 Å². The normalized spacial score (nSPS) is 20.4. The number of likely N-dealkylation sites (tertiary alicyclic amines) is 1. The van der Waals surface area contributed by atoms with Crippen LogP contribution in [0.25, 0.3) is 0 Å². The van der Waals surface area contributed by atoms with Gasteiger partial charge in [0.05, 0.1) is 42.4 Å². The summed E-state index contributed by atoms with van der Waals surface area (Å²) in [6, 6.07) is 9.12. The van der Waals surface area contributed by atoms with Crippen molar-refractivity contribution in [3.63, 3.8) is 0 Å². The number of amides is 2. The Labute approximate surface area is 229 Å². The second-order valence-corrected chi connectivity index (χ2v) is 10.2. The maximum absolute atomic E-state index is 12.5. The lowest BCUT2D eigenvalue weighted by Gasteiger charge is -2.42. The van der Waals surface area contributed by atoms with E-state index in [-0.39, 0.29) is 26.4 Å². The number of carbonyl (C=O) groups excluding carboxylic acids is 2. The average molecular weight is 631 g/mol. The summed E-state index contributed by atoms with van der Waals surface area (Å²) in [6.45, 7) is 4.26. The Balaban J connectivity index is 1.37. The summed E-state index contributed by atoms with van der Waals surface area (Å²) in [4.78, 5) is 33.8. The number of rotatable bonds is 17. The predicted octanol–water partition coefficient (Wildman–Crippen LogP) is 5.21. The minimum atomic E-state index is -0.274. The van der Waals surface area contributed by atoms with Crippen molar-refractivity contribution in [2.24, 2.45) is 0 Å². The van der Waals surface area contributed by atoms with Crippen LogP contribution in [-0.4, -0.2) is 66.6 Å². The quantitative estimate of drug-likeness (QED) is 0.0577. The number of fused-ring (bicyclic) bond motifs is 1. The molecule has 0 saturated carbocycles. The molecule has 36 heavy (non-hydrogen) atoms. The first kappa shape index (κ1) is 29.4. The summed E-state index contributed by atoms with van der Waals surface area (Å²) in [5, 5.41) is 8.69. The highest BCUT2D eigenvalue weighted by Crippen LogP contribution is 2.36. The second kappa shape index (κ2) is 15.9. The fraction of sp³-hybridized carbons (Fsp3) is 0.640. The highest BCUT2D eigenvalue weighted by Gasteiger charge is 2.37. The van der Waals surface area contributed by atoms with Crippen molar-refractivity contribution < 1.29 is 26.7 Å². The largest absolute Gasteiger partial charge is 0.335 e. The zero-order valence-electron chi connectivity index (χ0n) is 20.6. The van der Waals surface area contributed by atoms with Crippen LogP contribution in [0.2, 0.25) is 0 Å². The van der Waals surface area contributed by atoms with E-state index in [4.69, 9.17) is 19.2 Å². The summed E-state index contributed by atoms with van der Waals surface area (Å²) < 4.78 is 16.5. The van der Waals surface area contributed by atoms with Crippen LogP contribution in [0.1, 0.15) is 78.5 Å². The van der Waals surface area contributed by atoms with E-state index < -0.39 is 0 Å². The number of carbonyl (C=O) groups is 2. The zero-order valence-corrected chi connectivity index (χ0v) is 23.7. The van der Waals surface area contributed by atoms with E-state index in [1.54, 1.807) is 47.3 Å². The van der Waals surface area contributed by atoms with Crippen molar-refractivity contribution in [3.8, 4) is 6.07 Å². The van der Waals surface area contributed by atoms with Crippen molar-refractivity contribution in [3.05, 3.63) is 35.4 Å². The Morgan fingerprint density at radius 2 is 1.75 bits per heavy atom. The first-order chi connectivity index (χ1) is 17.6. The molecule has 0 aromatic heterocycles. The Kier molecular flexibility index (Phi) is 13.0. The molecule has 198 valence electrons. The molecule has 0 aliphatic carbocycles. The number of imide groups is 1. The van der Waals surface area contributed by atoms with Crippen molar-refractivity contribution in [1.29, 1.82) is 5.26 Å². The highest BCUT2D eigenvalue weighted by atomic mass is 127. The van der Waals surface area contributed by atoms with Crippen LogP contribution in [0.5, 0.6) is 0 Å². The molecule has 9 nitrogen and oxygen atoms in total. The van der Waals surface area contributed by atoms with Crippen LogP contribution in [0.3, 0.4) is 0 Å². The Hall–Kier alpha value is -1.19. The molecule has 3 rings (SSSR count). The van der Waals surface area contributed by atoms with Gasteiger partial charge in [0.1, 0.15) is 0 Å². The number of halogens is 1. The van der Waals surface area contributed by atoms with Crippen LogP contribution in [0, 0.1) is 11.3 Å². The van der Waals surface area contributed by atoms with E-state index in [1.807, 2.05) is 0 Å². The topological polar surface area (TPSA) is 101 Å². The van der Waals surface area contributed by atoms with E-state index in [2.05, 4.69) is 14.2 Å². The molecule has 1 fully saturated rings. The Morgan fingerprint density at radius 1 is 1.03 bits per heavy atom. The van der Waals surface area contributed by atoms with E-state index >= 15 is 0 Å². The number of nitriles is 1. The monoisotopic (exact) mass is 631 g/mol. The molecule has 0 N–H and O–H groups in total. The van der Waals surface area contributed by atoms with Crippen LogP contribution >= 0.6 is 32.0 Å². The maximum atomic E-state index is 12.5. The third kappa shape index (κ3) is 8.69. The molecule has 1 aromatic rings. The van der Waals surface area contributed by atoms with Crippen molar-refractivity contribution in [2.45, 2.75) is 63.4 Å². The van der Waals surface area contributed by atoms with Gasteiger partial charge in [0, 0.05) is 13.1 Å². The fourth-order valence-electron chi connectivity index (χ4n) is 4.86. The van der Waals surface area contributed by atoms with Crippen molar-refractivity contribution >= 4 is 43.9 Å². The predicted molar refractivity (Wildman–Crippen MR) is 145 cm³/mol. The number of hydrogen-bond donors (Lipinski definition) is 0. The SMILES string of the molecule is N#CCCOPOC1(CCCOOI)CCCN(CCCCCCN2C(=O)c3ccccc3C2=O)C1. The third-order valence-electron chi connectivity index (χ3n) is 6.64. The molecule has 2 aliphatic heterocycles. The molecule has 2 atom stereocenters. The molecule has 2 amide bonds. The second-order valence-electron chi connectivity index (χ2n) is 9.21. The van der Waals surface area contributed by atoms with Crippen LogP contribution in [0.15, 0.2) is 24.3 Å². The molecule has 2 heterocycles. The molecule has 0 radical (unpaired) electrons. The summed E-state index contributed by atoms with van der Waals surface area (Å²) >= 11 is 1.72. The van der Waals surface area contributed by atoms with Crippen LogP contribution in [-0.2, 0) is 17.2 Å². The molecule has 1 aromatic carbocycles. The molecule has 11 heteroatoms. The lowest BCUT2D eigenvalue weighted by molar-refractivity contribution is -0.169. The number of benzene rings is 1. The van der Waals surface area contributed by atoms with Gasteiger partial charge in [0.15, 0.2) is 32.0 Å². The lowest BCUT2D eigenvalue weighted by Crippen LogP contribution is -2.49.